The van der Waals surface area contributed by atoms with Gasteiger partial charge in [-0.05, 0) is 49.4 Å². The van der Waals surface area contributed by atoms with E-state index in [9.17, 15) is 4.39 Å². The summed E-state index contributed by atoms with van der Waals surface area (Å²) in [5.41, 5.74) is 2.71. The fourth-order valence-electron chi connectivity index (χ4n) is 2.65. The molecule has 0 saturated carbocycles. The van der Waals surface area contributed by atoms with Crippen LogP contribution in [-0.4, -0.2) is 6.54 Å². The molecule has 0 bridgehead atoms. The molecule has 1 N–H and O–H groups in total. The van der Waals surface area contributed by atoms with Gasteiger partial charge >= 0.3 is 0 Å². The number of hydrogen-bond donors (Lipinski definition) is 1. The summed E-state index contributed by atoms with van der Waals surface area (Å²) in [5.74, 6) is 0.497. The Balaban J connectivity index is 3.05. The van der Waals surface area contributed by atoms with E-state index in [0.717, 1.165) is 17.7 Å². The molecule has 0 radical (unpaired) electrons. The number of hydrogen-bond acceptors (Lipinski definition) is 1. The third-order valence-electron chi connectivity index (χ3n) is 3.55. The lowest BCUT2D eigenvalue weighted by Gasteiger charge is -2.26. The van der Waals surface area contributed by atoms with E-state index in [1.807, 2.05) is 26.0 Å². The number of rotatable bonds is 6. The maximum atomic E-state index is 13.7. The topological polar surface area (TPSA) is 12.0 Å². The van der Waals surface area contributed by atoms with E-state index >= 15 is 0 Å². The normalized spacial score (nSPS) is 14.6. The van der Waals surface area contributed by atoms with E-state index in [-0.39, 0.29) is 5.82 Å². The van der Waals surface area contributed by atoms with E-state index in [1.54, 1.807) is 0 Å². The molecule has 18 heavy (non-hydrogen) atoms. The zero-order valence-corrected chi connectivity index (χ0v) is 12.3. The van der Waals surface area contributed by atoms with E-state index in [0.29, 0.717) is 12.0 Å². The zero-order valence-electron chi connectivity index (χ0n) is 12.3. The van der Waals surface area contributed by atoms with Crippen LogP contribution in [0.3, 0.4) is 0 Å². The first kappa shape index (κ1) is 15.2. The minimum atomic E-state index is -0.0721. The molecule has 0 aliphatic rings. The lowest BCUT2D eigenvalue weighted by Crippen LogP contribution is -2.27. The molecule has 2 unspecified atom stereocenters. The van der Waals surface area contributed by atoms with Crippen molar-refractivity contribution in [3.05, 3.63) is 34.6 Å². The van der Waals surface area contributed by atoms with Crippen LogP contribution in [0.1, 0.15) is 56.3 Å². The molecule has 1 rings (SSSR count). The molecule has 2 atom stereocenters. The molecule has 0 aliphatic carbocycles. The van der Waals surface area contributed by atoms with Crippen molar-refractivity contribution in [1.29, 1.82) is 0 Å². The smallest absolute Gasteiger partial charge is 0.129 e. The minimum absolute atomic E-state index is 0.0721. The molecule has 0 heterocycles. The van der Waals surface area contributed by atoms with Gasteiger partial charge < -0.3 is 5.32 Å². The van der Waals surface area contributed by atoms with Gasteiger partial charge in [-0.1, -0.05) is 39.3 Å². The lowest BCUT2D eigenvalue weighted by molar-refractivity contribution is 0.368. The van der Waals surface area contributed by atoms with Crippen molar-refractivity contribution in [2.45, 2.75) is 53.5 Å². The van der Waals surface area contributed by atoms with Crippen LogP contribution >= 0.6 is 0 Å². The Hall–Kier alpha value is -0.890. The van der Waals surface area contributed by atoms with Crippen molar-refractivity contribution in [3.8, 4) is 0 Å². The first-order valence-electron chi connectivity index (χ1n) is 7.01. The van der Waals surface area contributed by atoms with Gasteiger partial charge in [0, 0.05) is 6.04 Å². The van der Waals surface area contributed by atoms with Crippen molar-refractivity contribution in [2.75, 3.05) is 6.54 Å². The first-order chi connectivity index (χ1) is 8.51. The lowest BCUT2D eigenvalue weighted by atomic mass is 9.89. The molecule has 1 nitrogen and oxygen atoms in total. The SMILES string of the molecule is CCCC(C)C(NCC)c1cc(C)c(F)c(C)c1. The quantitative estimate of drug-likeness (QED) is 0.783. The molecular formula is C16H26FN. The summed E-state index contributed by atoms with van der Waals surface area (Å²) in [6.45, 7) is 11.2. The van der Waals surface area contributed by atoms with Gasteiger partial charge in [0.2, 0.25) is 0 Å². The summed E-state index contributed by atoms with van der Waals surface area (Å²) < 4.78 is 13.7. The largest absolute Gasteiger partial charge is 0.310 e. The molecule has 0 amide bonds. The Labute approximate surface area is 111 Å². The number of aryl methyl sites for hydroxylation is 2. The van der Waals surface area contributed by atoms with Crippen LogP contribution in [0.25, 0.3) is 0 Å². The monoisotopic (exact) mass is 251 g/mol. The van der Waals surface area contributed by atoms with Crippen molar-refractivity contribution in [3.63, 3.8) is 0 Å². The average Bonchev–Trinajstić information content (AvgIpc) is 2.32. The van der Waals surface area contributed by atoms with E-state index in [2.05, 4.69) is 26.1 Å². The highest BCUT2D eigenvalue weighted by Gasteiger charge is 2.19. The maximum absolute atomic E-state index is 13.7. The standard InChI is InChI=1S/C16H26FN/c1-6-8-11(3)16(18-7-2)14-9-12(4)15(17)13(5)10-14/h9-11,16,18H,6-8H2,1-5H3. The first-order valence-corrected chi connectivity index (χ1v) is 7.01. The van der Waals surface area contributed by atoms with Gasteiger partial charge in [0.15, 0.2) is 0 Å². The molecule has 2 heteroatoms. The van der Waals surface area contributed by atoms with Crippen molar-refractivity contribution < 1.29 is 4.39 Å². The predicted molar refractivity (Wildman–Crippen MR) is 76.4 cm³/mol. The molecule has 0 aromatic heterocycles. The van der Waals surface area contributed by atoms with Gasteiger partial charge in [-0.25, -0.2) is 4.39 Å². The summed E-state index contributed by atoms with van der Waals surface area (Å²) in [4.78, 5) is 0. The van der Waals surface area contributed by atoms with Crippen molar-refractivity contribution in [2.24, 2.45) is 5.92 Å². The number of nitrogens with one attached hydrogen (secondary N) is 1. The Morgan fingerprint density at radius 1 is 1.17 bits per heavy atom. The van der Waals surface area contributed by atoms with Gasteiger partial charge in [0.1, 0.15) is 5.82 Å². The third-order valence-corrected chi connectivity index (χ3v) is 3.55. The average molecular weight is 251 g/mol. The van der Waals surface area contributed by atoms with Crippen LogP contribution < -0.4 is 5.32 Å². The highest BCUT2D eigenvalue weighted by molar-refractivity contribution is 5.32. The second-order valence-corrected chi connectivity index (χ2v) is 5.27. The molecule has 0 aliphatic heterocycles. The highest BCUT2D eigenvalue weighted by Crippen LogP contribution is 2.28. The van der Waals surface area contributed by atoms with Gasteiger partial charge in [-0.2, -0.15) is 0 Å². The maximum Gasteiger partial charge on any atom is 0.129 e. The summed E-state index contributed by atoms with van der Waals surface area (Å²) in [6, 6.07) is 4.30. The second kappa shape index (κ2) is 6.89. The Morgan fingerprint density at radius 3 is 2.17 bits per heavy atom. The van der Waals surface area contributed by atoms with E-state index in [1.165, 1.54) is 18.4 Å². The summed E-state index contributed by atoms with van der Waals surface area (Å²) in [6.07, 6.45) is 2.37. The number of halogens is 1. The predicted octanol–water partition coefficient (Wildman–Crippen LogP) is 4.53. The van der Waals surface area contributed by atoms with Crippen molar-refractivity contribution in [1.82, 2.24) is 5.32 Å². The Kier molecular flexibility index (Phi) is 5.80. The molecule has 0 spiro atoms. The molecule has 0 fully saturated rings. The van der Waals surface area contributed by atoms with Crippen molar-refractivity contribution >= 4 is 0 Å². The summed E-state index contributed by atoms with van der Waals surface area (Å²) in [5, 5.41) is 3.53. The van der Waals surface area contributed by atoms with Crippen LogP contribution in [0, 0.1) is 25.6 Å². The highest BCUT2D eigenvalue weighted by atomic mass is 19.1. The molecule has 102 valence electrons. The Bertz CT molecular complexity index is 364. The van der Waals surface area contributed by atoms with E-state index in [4.69, 9.17) is 0 Å². The van der Waals surface area contributed by atoms with Gasteiger partial charge in [0.25, 0.3) is 0 Å². The fraction of sp³-hybridized carbons (Fsp3) is 0.625. The molecule has 1 aromatic rings. The van der Waals surface area contributed by atoms with E-state index < -0.39 is 0 Å². The van der Waals surface area contributed by atoms with Crippen LogP contribution in [0.4, 0.5) is 4.39 Å². The van der Waals surface area contributed by atoms with Gasteiger partial charge in [-0.3, -0.25) is 0 Å². The zero-order chi connectivity index (χ0) is 13.7. The molecule has 0 saturated heterocycles. The third kappa shape index (κ3) is 3.55. The summed E-state index contributed by atoms with van der Waals surface area (Å²) >= 11 is 0. The minimum Gasteiger partial charge on any atom is -0.310 e. The van der Waals surface area contributed by atoms with Gasteiger partial charge in [-0.15, -0.1) is 0 Å². The molecule has 1 aromatic carbocycles. The Morgan fingerprint density at radius 2 is 1.72 bits per heavy atom. The van der Waals surface area contributed by atoms with Gasteiger partial charge in [0.05, 0.1) is 0 Å². The van der Waals surface area contributed by atoms with Crippen LogP contribution in [0.2, 0.25) is 0 Å². The van der Waals surface area contributed by atoms with Crippen LogP contribution in [0.15, 0.2) is 12.1 Å². The second-order valence-electron chi connectivity index (χ2n) is 5.27. The van der Waals surface area contributed by atoms with Crippen LogP contribution in [-0.2, 0) is 0 Å². The fourth-order valence-corrected chi connectivity index (χ4v) is 2.65. The molecular weight excluding hydrogens is 225 g/mol. The number of benzene rings is 1. The summed E-state index contributed by atoms with van der Waals surface area (Å²) in [7, 11) is 0. The van der Waals surface area contributed by atoms with Crippen LogP contribution in [0.5, 0.6) is 0 Å².